The van der Waals surface area contributed by atoms with Crippen molar-refractivity contribution in [1.82, 2.24) is 5.48 Å². The first-order valence-electron chi connectivity index (χ1n) is 4.51. The molecule has 1 amide bonds. The molecule has 0 heterocycles. The molecule has 0 aliphatic heterocycles. The molecular weight excluding hydrogens is 201 g/mol. The number of halogens is 1. The van der Waals surface area contributed by atoms with E-state index >= 15 is 0 Å². The van der Waals surface area contributed by atoms with Gasteiger partial charge in [-0.1, -0.05) is 6.07 Å². The highest BCUT2D eigenvalue weighted by atomic mass is 19.1. The molecule has 0 aliphatic carbocycles. The molecule has 4 nitrogen and oxygen atoms in total. The number of ether oxygens (including phenoxy) is 1. The summed E-state index contributed by atoms with van der Waals surface area (Å²) in [4.78, 5) is 15.7. The minimum Gasteiger partial charge on any atom is -0.484 e. The van der Waals surface area contributed by atoms with Crippen molar-refractivity contribution in [1.29, 1.82) is 0 Å². The number of benzene rings is 1. The van der Waals surface area contributed by atoms with E-state index in [1.54, 1.807) is 13.0 Å². The number of hydroxylamine groups is 1. The van der Waals surface area contributed by atoms with Gasteiger partial charge in [0.2, 0.25) is 0 Å². The van der Waals surface area contributed by atoms with Gasteiger partial charge in [0.25, 0.3) is 5.91 Å². The lowest BCUT2D eigenvalue weighted by Crippen LogP contribution is -2.28. The summed E-state index contributed by atoms with van der Waals surface area (Å²) < 4.78 is 17.7. The predicted molar refractivity (Wildman–Crippen MR) is 51.7 cm³/mol. The molecule has 1 aromatic rings. The first kappa shape index (κ1) is 11.5. The lowest BCUT2D eigenvalue weighted by molar-refractivity contribution is -0.135. The fourth-order valence-electron chi connectivity index (χ4n) is 0.888. The van der Waals surface area contributed by atoms with Crippen LogP contribution in [0.4, 0.5) is 4.39 Å². The monoisotopic (exact) mass is 213 g/mol. The Morgan fingerprint density at radius 2 is 2.33 bits per heavy atom. The lowest BCUT2D eigenvalue weighted by Gasteiger charge is -2.06. The van der Waals surface area contributed by atoms with Crippen LogP contribution in [0.3, 0.4) is 0 Å². The van der Waals surface area contributed by atoms with Gasteiger partial charge < -0.3 is 4.74 Å². The van der Waals surface area contributed by atoms with Crippen LogP contribution in [-0.4, -0.2) is 19.1 Å². The molecule has 0 saturated carbocycles. The summed E-state index contributed by atoms with van der Waals surface area (Å²) in [6.07, 6.45) is 0. The first-order chi connectivity index (χ1) is 7.22. The van der Waals surface area contributed by atoms with Crippen LogP contribution >= 0.6 is 0 Å². The van der Waals surface area contributed by atoms with Crippen LogP contribution in [0.1, 0.15) is 6.92 Å². The van der Waals surface area contributed by atoms with Gasteiger partial charge in [0.1, 0.15) is 11.6 Å². The van der Waals surface area contributed by atoms with E-state index in [9.17, 15) is 9.18 Å². The highest BCUT2D eigenvalue weighted by Gasteiger charge is 2.02. The number of carbonyl (C=O) groups excluding carboxylic acids is 1. The Morgan fingerprint density at radius 1 is 1.53 bits per heavy atom. The molecule has 5 heteroatoms. The van der Waals surface area contributed by atoms with Crippen molar-refractivity contribution in [2.75, 3.05) is 13.2 Å². The fourth-order valence-corrected chi connectivity index (χ4v) is 0.888. The van der Waals surface area contributed by atoms with Gasteiger partial charge in [-0.2, -0.15) is 0 Å². The number of amides is 1. The minimum atomic E-state index is -0.416. The molecule has 0 radical (unpaired) electrons. The summed E-state index contributed by atoms with van der Waals surface area (Å²) in [5, 5.41) is 0. The Kier molecular flexibility index (Phi) is 4.56. The third kappa shape index (κ3) is 4.42. The van der Waals surface area contributed by atoms with Crippen LogP contribution in [0.15, 0.2) is 24.3 Å². The standard InChI is InChI=1S/C10H12FNO3/c1-2-15-12-10(13)7-14-9-5-3-4-8(11)6-9/h3-6H,2,7H2,1H3,(H,12,13). The van der Waals surface area contributed by atoms with E-state index in [1.807, 2.05) is 0 Å². The zero-order valence-electron chi connectivity index (χ0n) is 8.33. The second-order valence-corrected chi connectivity index (χ2v) is 2.70. The van der Waals surface area contributed by atoms with Gasteiger partial charge >= 0.3 is 0 Å². The highest BCUT2D eigenvalue weighted by molar-refractivity contribution is 5.76. The predicted octanol–water partition coefficient (Wildman–Crippen LogP) is 1.27. The maximum Gasteiger partial charge on any atom is 0.281 e. The van der Waals surface area contributed by atoms with Gasteiger partial charge in [-0.15, -0.1) is 0 Å². The van der Waals surface area contributed by atoms with E-state index in [2.05, 4.69) is 10.3 Å². The smallest absolute Gasteiger partial charge is 0.281 e. The summed E-state index contributed by atoms with van der Waals surface area (Å²) in [7, 11) is 0. The minimum absolute atomic E-state index is 0.205. The van der Waals surface area contributed by atoms with E-state index in [0.717, 1.165) is 0 Å². The summed E-state index contributed by atoms with van der Waals surface area (Å²) in [6.45, 7) is 1.92. The summed E-state index contributed by atoms with van der Waals surface area (Å²) in [5.41, 5.74) is 2.16. The van der Waals surface area contributed by atoms with Gasteiger partial charge in [0, 0.05) is 6.07 Å². The Bertz CT molecular complexity index is 330. The van der Waals surface area contributed by atoms with Gasteiger partial charge in [-0.3, -0.25) is 9.63 Å². The number of nitrogens with one attached hydrogen (secondary N) is 1. The van der Waals surface area contributed by atoms with Gasteiger partial charge in [-0.05, 0) is 19.1 Å². The molecule has 0 spiro atoms. The van der Waals surface area contributed by atoms with Crippen molar-refractivity contribution in [3.8, 4) is 5.75 Å². The molecule has 82 valence electrons. The van der Waals surface area contributed by atoms with Gasteiger partial charge in [-0.25, -0.2) is 9.87 Å². The van der Waals surface area contributed by atoms with E-state index in [-0.39, 0.29) is 6.61 Å². The number of hydrogen-bond acceptors (Lipinski definition) is 3. The quantitative estimate of drug-likeness (QED) is 0.749. The second-order valence-electron chi connectivity index (χ2n) is 2.70. The molecule has 0 unspecified atom stereocenters. The Hall–Kier alpha value is -1.62. The highest BCUT2D eigenvalue weighted by Crippen LogP contribution is 2.11. The van der Waals surface area contributed by atoms with Crippen molar-refractivity contribution in [3.05, 3.63) is 30.1 Å². The first-order valence-corrected chi connectivity index (χ1v) is 4.51. The zero-order valence-corrected chi connectivity index (χ0v) is 8.33. The average Bonchev–Trinajstić information content (AvgIpc) is 2.23. The van der Waals surface area contributed by atoms with Gasteiger partial charge in [0.05, 0.1) is 6.61 Å². The molecule has 1 N–H and O–H groups in total. The van der Waals surface area contributed by atoms with Crippen molar-refractivity contribution in [2.45, 2.75) is 6.92 Å². The number of rotatable bonds is 5. The molecule has 0 aliphatic rings. The van der Waals surface area contributed by atoms with Crippen LogP contribution in [-0.2, 0) is 9.63 Å². The molecule has 1 aromatic carbocycles. The zero-order chi connectivity index (χ0) is 11.1. The van der Waals surface area contributed by atoms with Crippen molar-refractivity contribution in [3.63, 3.8) is 0 Å². The molecule has 0 bridgehead atoms. The van der Waals surface area contributed by atoms with Crippen molar-refractivity contribution < 1.29 is 18.8 Å². The molecule has 0 aromatic heterocycles. The third-order valence-electron chi connectivity index (χ3n) is 1.50. The molecule has 1 rings (SSSR count). The Labute approximate surface area is 86.9 Å². The van der Waals surface area contributed by atoms with Crippen LogP contribution in [0.5, 0.6) is 5.75 Å². The largest absolute Gasteiger partial charge is 0.484 e. The molecule has 0 saturated heterocycles. The summed E-state index contributed by atoms with van der Waals surface area (Å²) in [5.74, 6) is -0.513. The molecule has 15 heavy (non-hydrogen) atoms. The number of hydrogen-bond donors (Lipinski definition) is 1. The fraction of sp³-hybridized carbons (Fsp3) is 0.300. The van der Waals surface area contributed by atoms with Crippen LogP contribution < -0.4 is 10.2 Å². The summed E-state index contributed by atoms with van der Waals surface area (Å²) >= 11 is 0. The van der Waals surface area contributed by atoms with Crippen molar-refractivity contribution >= 4 is 5.91 Å². The summed E-state index contributed by atoms with van der Waals surface area (Å²) in [6, 6.07) is 5.57. The van der Waals surface area contributed by atoms with Crippen LogP contribution in [0.2, 0.25) is 0 Å². The Balaban J connectivity index is 2.33. The van der Waals surface area contributed by atoms with E-state index in [0.29, 0.717) is 12.4 Å². The SMILES string of the molecule is CCONC(=O)COc1cccc(F)c1. The molecular formula is C10H12FNO3. The van der Waals surface area contributed by atoms with Crippen LogP contribution in [0, 0.1) is 5.82 Å². The van der Waals surface area contributed by atoms with Gasteiger partial charge in [0.15, 0.2) is 6.61 Å². The Morgan fingerprint density at radius 3 is 3.00 bits per heavy atom. The number of carbonyl (C=O) groups is 1. The normalized spacial score (nSPS) is 9.73. The second kappa shape index (κ2) is 5.98. The van der Waals surface area contributed by atoms with E-state index < -0.39 is 11.7 Å². The maximum atomic E-state index is 12.7. The molecule has 0 atom stereocenters. The van der Waals surface area contributed by atoms with Crippen molar-refractivity contribution in [2.24, 2.45) is 0 Å². The molecule has 0 fully saturated rings. The van der Waals surface area contributed by atoms with E-state index in [4.69, 9.17) is 4.74 Å². The third-order valence-corrected chi connectivity index (χ3v) is 1.50. The topological polar surface area (TPSA) is 47.6 Å². The average molecular weight is 213 g/mol. The van der Waals surface area contributed by atoms with Crippen LogP contribution in [0.25, 0.3) is 0 Å². The maximum absolute atomic E-state index is 12.7. The van der Waals surface area contributed by atoms with E-state index in [1.165, 1.54) is 18.2 Å². The lowest BCUT2D eigenvalue weighted by atomic mass is 10.3.